The van der Waals surface area contributed by atoms with E-state index in [0.717, 1.165) is 11.1 Å². The molecule has 28 heavy (non-hydrogen) atoms. The lowest BCUT2D eigenvalue weighted by molar-refractivity contribution is -0.136. The van der Waals surface area contributed by atoms with Crippen LogP contribution >= 0.6 is 0 Å². The highest BCUT2D eigenvalue weighted by Gasteiger charge is 2.19. The summed E-state index contributed by atoms with van der Waals surface area (Å²) >= 11 is 0. The minimum atomic E-state index is -0.891. The second-order valence-electron chi connectivity index (χ2n) is 6.30. The van der Waals surface area contributed by atoms with E-state index >= 15 is 0 Å². The van der Waals surface area contributed by atoms with E-state index in [4.69, 9.17) is 9.84 Å². The number of aryl methyl sites for hydroxylation is 2. The smallest absolute Gasteiger partial charge is 0.307 e. The number of nitrogens with one attached hydrogen (secondary N) is 1. The Morgan fingerprint density at radius 3 is 2.54 bits per heavy atom. The Hall–Kier alpha value is -3.68. The molecule has 144 valence electrons. The van der Waals surface area contributed by atoms with Crippen molar-refractivity contribution in [3.8, 4) is 17.0 Å². The van der Waals surface area contributed by atoms with Gasteiger partial charge in [0.25, 0.3) is 5.91 Å². The molecule has 2 aromatic heterocycles. The lowest BCUT2D eigenvalue weighted by atomic mass is 10.0. The molecule has 0 bridgehead atoms. The van der Waals surface area contributed by atoms with Gasteiger partial charge in [-0.25, -0.2) is 4.98 Å². The van der Waals surface area contributed by atoms with E-state index in [1.54, 1.807) is 43.6 Å². The van der Waals surface area contributed by atoms with Crippen molar-refractivity contribution in [2.24, 2.45) is 7.05 Å². The Balaban J connectivity index is 1.87. The number of pyridine rings is 1. The SMILES string of the molecule is COc1ncc(NC(=O)c2c(-c3ccc(CC(=O)O)cc3)cnn2C)cc1C. The molecule has 1 amide bonds. The van der Waals surface area contributed by atoms with Gasteiger partial charge in [0.05, 0.1) is 31.6 Å². The normalized spacial score (nSPS) is 10.5. The van der Waals surface area contributed by atoms with E-state index in [2.05, 4.69) is 15.4 Å². The number of carbonyl (C=O) groups is 2. The number of amides is 1. The van der Waals surface area contributed by atoms with E-state index in [-0.39, 0.29) is 12.3 Å². The number of hydrogen-bond acceptors (Lipinski definition) is 5. The van der Waals surface area contributed by atoms with Gasteiger partial charge in [0.2, 0.25) is 5.88 Å². The van der Waals surface area contributed by atoms with Crippen LogP contribution in [0.4, 0.5) is 5.69 Å². The molecule has 3 rings (SSSR count). The average molecular weight is 380 g/mol. The molecule has 0 atom stereocenters. The molecular formula is C20H20N4O4. The Kier molecular flexibility index (Phi) is 5.39. The molecule has 0 saturated heterocycles. The molecule has 0 aliphatic heterocycles. The first-order valence-electron chi connectivity index (χ1n) is 8.54. The van der Waals surface area contributed by atoms with Crippen LogP contribution in [0.25, 0.3) is 11.1 Å². The minimum Gasteiger partial charge on any atom is -0.481 e. The van der Waals surface area contributed by atoms with Crippen molar-refractivity contribution in [2.45, 2.75) is 13.3 Å². The minimum absolute atomic E-state index is 0.0511. The van der Waals surface area contributed by atoms with Gasteiger partial charge in [-0.2, -0.15) is 5.10 Å². The predicted octanol–water partition coefficient (Wildman–Crippen LogP) is 2.68. The van der Waals surface area contributed by atoms with Crippen LogP contribution in [0.1, 0.15) is 21.6 Å². The van der Waals surface area contributed by atoms with Gasteiger partial charge in [0, 0.05) is 18.2 Å². The number of carboxylic acids is 1. The van der Waals surface area contributed by atoms with Crippen LogP contribution in [0.5, 0.6) is 5.88 Å². The van der Waals surface area contributed by atoms with E-state index in [0.29, 0.717) is 28.4 Å². The molecular weight excluding hydrogens is 360 g/mol. The van der Waals surface area contributed by atoms with E-state index in [1.165, 1.54) is 18.0 Å². The van der Waals surface area contributed by atoms with Gasteiger partial charge < -0.3 is 15.2 Å². The Morgan fingerprint density at radius 1 is 1.21 bits per heavy atom. The molecule has 8 nitrogen and oxygen atoms in total. The highest BCUT2D eigenvalue weighted by molar-refractivity contribution is 6.07. The Morgan fingerprint density at radius 2 is 1.93 bits per heavy atom. The third kappa shape index (κ3) is 4.01. The molecule has 0 spiro atoms. The standard InChI is InChI=1S/C20H20N4O4/c1-12-8-15(10-21-20(12)28-3)23-19(27)18-16(11-22-24(18)2)14-6-4-13(5-7-14)9-17(25)26/h4-8,10-11H,9H2,1-3H3,(H,23,27)(H,25,26). The summed E-state index contributed by atoms with van der Waals surface area (Å²) in [6.07, 6.45) is 3.09. The second kappa shape index (κ2) is 7.91. The van der Waals surface area contributed by atoms with Crippen molar-refractivity contribution in [3.63, 3.8) is 0 Å². The number of benzene rings is 1. The number of aromatic nitrogens is 3. The first-order valence-corrected chi connectivity index (χ1v) is 8.54. The summed E-state index contributed by atoms with van der Waals surface area (Å²) in [5.41, 5.74) is 3.86. The number of rotatable bonds is 6. The van der Waals surface area contributed by atoms with Crippen LogP contribution in [-0.2, 0) is 18.3 Å². The zero-order valence-corrected chi connectivity index (χ0v) is 15.8. The summed E-state index contributed by atoms with van der Waals surface area (Å²) in [5.74, 6) is -0.714. The van der Waals surface area contributed by atoms with Gasteiger partial charge in [-0.3, -0.25) is 14.3 Å². The summed E-state index contributed by atoms with van der Waals surface area (Å²) in [6.45, 7) is 1.84. The maximum atomic E-state index is 12.9. The molecule has 1 aromatic carbocycles. The highest BCUT2D eigenvalue weighted by atomic mass is 16.5. The number of hydrogen-bond donors (Lipinski definition) is 2. The predicted molar refractivity (Wildman–Crippen MR) is 103 cm³/mol. The van der Waals surface area contributed by atoms with Crippen LogP contribution in [0, 0.1) is 6.92 Å². The first-order chi connectivity index (χ1) is 13.4. The van der Waals surface area contributed by atoms with E-state index in [1.807, 2.05) is 6.92 Å². The summed E-state index contributed by atoms with van der Waals surface area (Å²) in [6, 6.07) is 8.81. The van der Waals surface area contributed by atoms with Crippen LogP contribution in [-0.4, -0.2) is 38.9 Å². The quantitative estimate of drug-likeness (QED) is 0.681. The lowest BCUT2D eigenvalue weighted by Crippen LogP contribution is -2.17. The van der Waals surface area contributed by atoms with Gasteiger partial charge in [0.1, 0.15) is 5.69 Å². The van der Waals surface area contributed by atoms with Crippen molar-refractivity contribution in [1.29, 1.82) is 0 Å². The number of anilines is 1. The lowest BCUT2D eigenvalue weighted by Gasteiger charge is -2.10. The highest BCUT2D eigenvalue weighted by Crippen LogP contribution is 2.25. The number of carbonyl (C=O) groups excluding carboxylic acids is 1. The summed E-state index contributed by atoms with van der Waals surface area (Å²) in [7, 11) is 3.23. The van der Waals surface area contributed by atoms with Crippen molar-refractivity contribution in [1.82, 2.24) is 14.8 Å². The molecule has 0 aliphatic rings. The topological polar surface area (TPSA) is 106 Å². The Labute approximate surface area is 161 Å². The molecule has 0 fully saturated rings. The first kappa shape index (κ1) is 19.1. The third-order valence-corrected chi connectivity index (χ3v) is 4.26. The number of ether oxygens (including phenoxy) is 1. The number of methoxy groups -OCH3 is 1. The van der Waals surface area contributed by atoms with Gasteiger partial charge in [-0.15, -0.1) is 0 Å². The third-order valence-electron chi connectivity index (χ3n) is 4.26. The summed E-state index contributed by atoms with van der Waals surface area (Å²) < 4.78 is 6.63. The number of aliphatic carboxylic acids is 1. The van der Waals surface area contributed by atoms with Crippen molar-refractivity contribution < 1.29 is 19.4 Å². The molecule has 8 heteroatoms. The zero-order valence-electron chi connectivity index (χ0n) is 15.8. The van der Waals surface area contributed by atoms with Crippen molar-refractivity contribution >= 4 is 17.6 Å². The fourth-order valence-electron chi connectivity index (χ4n) is 2.93. The van der Waals surface area contributed by atoms with Crippen LogP contribution in [0.2, 0.25) is 0 Å². The van der Waals surface area contributed by atoms with Crippen LogP contribution in [0.3, 0.4) is 0 Å². The van der Waals surface area contributed by atoms with Crippen molar-refractivity contribution in [3.05, 3.63) is 59.5 Å². The molecule has 0 radical (unpaired) electrons. The number of carboxylic acid groups (broad SMARTS) is 1. The summed E-state index contributed by atoms with van der Waals surface area (Å²) in [5, 5.41) is 15.9. The fourth-order valence-corrected chi connectivity index (χ4v) is 2.93. The van der Waals surface area contributed by atoms with Gasteiger partial charge in [-0.1, -0.05) is 24.3 Å². The van der Waals surface area contributed by atoms with Gasteiger partial charge in [-0.05, 0) is 24.1 Å². The number of nitrogens with zero attached hydrogens (tertiary/aromatic N) is 3. The molecule has 0 unspecified atom stereocenters. The monoisotopic (exact) mass is 380 g/mol. The van der Waals surface area contributed by atoms with E-state index in [9.17, 15) is 9.59 Å². The Bertz CT molecular complexity index is 1030. The fraction of sp³-hybridized carbons (Fsp3) is 0.200. The van der Waals surface area contributed by atoms with Crippen molar-refractivity contribution in [2.75, 3.05) is 12.4 Å². The maximum absolute atomic E-state index is 12.9. The molecule has 0 saturated carbocycles. The van der Waals surface area contributed by atoms with E-state index < -0.39 is 5.97 Å². The summed E-state index contributed by atoms with van der Waals surface area (Å²) in [4.78, 5) is 27.8. The second-order valence-corrected chi connectivity index (χ2v) is 6.30. The molecule has 0 aliphatic carbocycles. The molecule has 3 aromatic rings. The molecule has 2 heterocycles. The van der Waals surface area contributed by atoms with Gasteiger partial charge >= 0.3 is 5.97 Å². The average Bonchev–Trinajstić information content (AvgIpc) is 3.03. The van der Waals surface area contributed by atoms with Crippen LogP contribution in [0.15, 0.2) is 42.7 Å². The zero-order chi connectivity index (χ0) is 20.3. The van der Waals surface area contributed by atoms with Crippen LogP contribution < -0.4 is 10.1 Å². The maximum Gasteiger partial charge on any atom is 0.307 e. The molecule has 2 N–H and O–H groups in total. The van der Waals surface area contributed by atoms with Gasteiger partial charge in [0.15, 0.2) is 0 Å². The largest absolute Gasteiger partial charge is 0.481 e.